The van der Waals surface area contributed by atoms with Gasteiger partial charge in [0, 0.05) is 18.6 Å². The monoisotopic (exact) mass is 296 g/mol. The van der Waals surface area contributed by atoms with Gasteiger partial charge in [0.1, 0.15) is 11.4 Å². The number of amides is 1. The molecule has 0 fully saturated rings. The smallest absolute Gasteiger partial charge is 0.407 e. The number of benzene rings is 1. The molecule has 1 aromatic rings. The first kappa shape index (κ1) is 17.4. The molecular formula is C16H25FN2O2. The van der Waals surface area contributed by atoms with E-state index in [-0.39, 0.29) is 17.9 Å². The van der Waals surface area contributed by atoms with Crippen molar-refractivity contribution in [1.82, 2.24) is 10.6 Å². The Balaban J connectivity index is 2.38. The Morgan fingerprint density at radius 1 is 1.24 bits per heavy atom. The van der Waals surface area contributed by atoms with E-state index in [1.165, 1.54) is 12.1 Å². The summed E-state index contributed by atoms with van der Waals surface area (Å²) in [5, 5.41) is 6.06. The Morgan fingerprint density at radius 2 is 1.81 bits per heavy atom. The topological polar surface area (TPSA) is 50.4 Å². The van der Waals surface area contributed by atoms with Crippen LogP contribution in [0.3, 0.4) is 0 Å². The summed E-state index contributed by atoms with van der Waals surface area (Å²) in [5.41, 5.74) is 0.503. The van der Waals surface area contributed by atoms with E-state index in [1.807, 2.05) is 34.6 Å². The van der Waals surface area contributed by atoms with Crippen LogP contribution in [0.2, 0.25) is 0 Å². The fraction of sp³-hybridized carbons (Fsp3) is 0.562. The van der Waals surface area contributed by atoms with Crippen LogP contribution in [0.15, 0.2) is 24.3 Å². The lowest BCUT2D eigenvalue weighted by Gasteiger charge is -2.23. The molecule has 0 aromatic heterocycles. The molecule has 0 heterocycles. The van der Waals surface area contributed by atoms with Crippen LogP contribution < -0.4 is 10.6 Å². The number of hydrogen-bond acceptors (Lipinski definition) is 3. The van der Waals surface area contributed by atoms with Crippen LogP contribution in [0.1, 0.15) is 46.2 Å². The number of rotatable bonds is 5. The summed E-state index contributed by atoms with van der Waals surface area (Å²) in [6.45, 7) is 9.90. The number of alkyl carbamates (subject to hydrolysis) is 1. The summed E-state index contributed by atoms with van der Waals surface area (Å²) in [6, 6.07) is 6.52. The molecular weight excluding hydrogens is 271 g/mol. The molecule has 0 aliphatic carbocycles. The van der Waals surface area contributed by atoms with E-state index < -0.39 is 11.7 Å². The second-order valence-electron chi connectivity index (χ2n) is 6.22. The standard InChI is InChI=1S/C16H25FN2O2/c1-11(10-18-15(20)21-16(3,4)5)19-12(2)13-6-8-14(17)9-7-13/h6-9,11-12,19H,10H2,1-5H3,(H,18,20)/t11?,12-/m1/s1. The van der Waals surface area contributed by atoms with E-state index in [4.69, 9.17) is 4.74 Å². The van der Waals surface area contributed by atoms with Gasteiger partial charge in [-0.3, -0.25) is 0 Å². The van der Waals surface area contributed by atoms with Crippen molar-refractivity contribution in [3.63, 3.8) is 0 Å². The summed E-state index contributed by atoms with van der Waals surface area (Å²) in [7, 11) is 0. The van der Waals surface area contributed by atoms with Gasteiger partial charge in [-0.25, -0.2) is 9.18 Å². The zero-order valence-electron chi connectivity index (χ0n) is 13.4. The third-order valence-electron chi connectivity index (χ3n) is 2.86. The van der Waals surface area contributed by atoms with E-state index in [9.17, 15) is 9.18 Å². The van der Waals surface area contributed by atoms with Gasteiger partial charge in [0.05, 0.1) is 0 Å². The fourth-order valence-corrected chi connectivity index (χ4v) is 1.88. The molecule has 0 bridgehead atoms. The molecule has 0 spiro atoms. The third kappa shape index (κ3) is 7.09. The van der Waals surface area contributed by atoms with Crippen LogP contribution in [0, 0.1) is 5.82 Å². The van der Waals surface area contributed by atoms with Crippen molar-refractivity contribution in [2.45, 2.75) is 52.3 Å². The first-order chi connectivity index (χ1) is 9.67. The molecule has 4 nitrogen and oxygen atoms in total. The number of nitrogens with one attached hydrogen (secondary N) is 2. The van der Waals surface area contributed by atoms with Crippen LogP contribution in [-0.2, 0) is 4.74 Å². The van der Waals surface area contributed by atoms with E-state index in [0.29, 0.717) is 6.54 Å². The van der Waals surface area contributed by atoms with Crippen molar-refractivity contribution in [2.24, 2.45) is 0 Å². The van der Waals surface area contributed by atoms with Crippen molar-refractivity contribution in [2.75, 3.05) is 6.54 Å². The first-order valence-corrected chi connectivity index (χ1v) is 7.16. The first-order valence-electron chi connectivity index (χ1n) is 7.16. The zero-order valence-corrected chi connectivity index (χ0v) is 13.4. The molecule has 1 unspecified atom stereocenters. The van der Waals surface area contributed by atoms with E-state index in [1.54, 1.807) is 12.1 Å². The summed E-state index contributed by atoms with van der Waals surface area (Å²) in [4.78, 5) is 11.6. The molecule has 0 aliphatic heterocycles. The highest BCUT2D eigenvalue weighted by Crippen LogP contribution is 2.13. The summed E-state index contributed by atoms with van der Waals surface area (Å²) in [6.07, 6.45) is -0.425. The molecule has 5 heteroatoms. The lowest BCUT2D eigenvalue weighted by Crippen LogP contribution is -2.41. The van der Waals surface area contributed by atoms with Crippen LogP contribution >= 0.6 is 0 Å². The van der Waals surface area contributed by atoms with Crippen molar-refractivity contribution in [1.29, 1.82) is 0 Å². The van der Waals surface area contributed by atoms with Gasteiger partial charge in [0.25, 0.3) is 0 Å². The van der Waals surface area contributed by atoms with E-state index >= 15 is 0 Å². The van der Waals surface area contributed by atoms with Crippen molar-refractivity contribution in [3.05, 3.63) is 35.6 Å². The van der Waals surface area contributed by atoms with Gasteiger partial charge >= 0.3 is 6.09 Å². The maximum atomic E-state index is 12.9. The van der Waals surface area contributed by atoms with Gasteiger partial charge in [-0.15, -0.1) is 0 Å². The Morgan fingerprint density at radius 3 is 2.33 bits per heavy atom. The summed E-state index contributed by atoms with van der Waals surface area (Å²) >= 11 is 0. The average Bonchev–Trinajstić information content (AvgIpc) is 2.35. The number of halogens is 1. The summed E-state index contributed by atoms with van der Waals surface area (Å²) < 4.78 is 18.0. The van der Waals surface area contributed by atoms with Crippen molar-refractivity contribution < 1.29 is 13.9 Å². The summed E-state index contributed by atoms with van der Waals surface area (Å²) in [5.74, 6) is -0.245. The Bertz CT molecular complexity index is 454. The molecule has 0 radical (unpaired) electrons. The van der Waals surface area contributed by atoms with E-state index in [0.717, 1.165) is 5.56 Å². The second kappa shape index (κ2) is 7.41. The van der Waals surface area contributed by atoms with Gasteiger partial charge in [0.15, 0.2) is 0 Å². The van der Waals surface area contributed by atoms with Gasteiger partial charge < -0.3 is 15.4 Å². The van der Waals surface area contributed by atoms with Crippen molar-refractivity contribution >= 4 is 6.09 Å². The Hall–Kier alpha value is -1.62. The number of hydrogen-bond donors (Lipinski definition) is 2. The second-order valence-corrected chi connectivity index (χ2v) is 6.22. The predicted octanol–water partition coefficient (Wildman–Crippen LogP) is 3.39. The van der Waals surface area contributed by atoms with Crippen LogP contribution in [0.4, 0.5) is 9.18 Å². The quantitative estimate of drug-likeness (QED) is 0.875. The zero-order chi connectivity index (χ0) is 16.0. The number of carbonyl (C=O) groups excluding carboxylic acids is 1. The van der Waals surface area contributed by atoms with Crippen LogP contribution in [0.25, 0.3) is 0 Å². The lowest BCUT2D eigenvalue weighted by atomic mass is 10.1. The van der Waals surface area contributed by atoms with Gasteiger partial charge in [-0.05, 0) is 52.3 Å². The lowest BCUT2D eigenvalue weighted by molar-refractivity contribution is 0.0522. The minimum atomic E-state index is -0.498. The Kier molecular flexibility index (Phi) is 6.15. The third-order valence-corrected chi connectivity index (χ3v) is 2.86. The van der Waals surface area contributed by atoms with E-state index in [2.05, 4.69) is 10.6 Å². The predicted molar refractivity (Wildman–Crippen MR) is 81.6 cm³/mol. The highest BCUT2D eigenvalue weighted by Gasteiger charge is 2.17. The normalized spacial score (nSPS) is 14.4. The molecule has 0 saturated heterocycles. The number of carbonyl (C=O) groups is 1. The number of ether oxygens (including phenoxy) is 1. The SMILES string of the molecule is CC(CNC(=O)OC(C)(C)C)N[C@H](C)c1ccc(F)cc1. The largest absolute Gasteiger partial charge is 0.444 e. The Labute approximate surface area is 126 Å². The molecule has 0 aliphatic rings. The molecule has 1 amide bonds. The molecule has 2 N–H and O–H groups in total. The molecule has 2 atom stereocenters. The average molecular weight is 296 g/mol. The molecule has 0 saturated carbocycles. The van der Waals surface area contributed by atoms with Crippen LogP contribution in [0.5, 0.6) is 0 Å². The minimum Gasteiger partial charge on any atom is -0.444 e. The van der Waals surface area contributed by atoms with Crippen molar-refractivity contribution in [3.8, 4) is 0 Å². The van der Waals surface area contributed by atoms with Gasteiger partial charge in [0.2, 0.25) is 0 Å². The molecule has 21 heavy (non-hydrogen) atoms. The minimum absolute atomic E-state index is 0.0672. The fourth-order valence-electron chi connectivity index (χ4n) is 1.88. The molecule has 1 rings (SSSR count). The van der Waals surface area contributed by atoms with Gasteiger partial charge in [-0.2, -0.15) is 0 Å². The molecule has 118 valence electrons. The highest BCUT2D eigenvalue weighted by atomic mass is 19.1. The van der Waals surface area contributed by atoms with Crippen LogP contribution in [-0.4, -0.2) is 24.3 Å². The maximum Gasteiger partial charge on any atom is 0.407 e. The van der Waals surface area contributed by atoms with Gasteiger partial charge in [-0.1, -0.05) is 12.1 Å². The maximum absolute atomic E-state index is 12.9. The molecule has 1 aromatic carbocycles. The highest BCUT2D eigenvalue weighted by molar-refractivity contribution is 5.67.